The number of nitrogens with zero attached hydrogens (tertiary/aromatic N) is 2. The first-order valence-corrected chi connectivity index (χ1v) is 5.88. The van der Waals surface area contributed by atoms with Crippen LogP contribution < -0.4 is 5.32 Å². The molecular formula is C14H16FN3. The van der Waals surface area contributed by atoms with Crippen molar-refractivity contribution in [2.24, 2.45) is 0 Å². The van der Waals surface area contributed by atoms with E-state index in [4.69, 9.17) is 0 Å². The molecule has 0 aliphatic rings. The summed E-state index contributed by atoms with van der Waals surface area (Å²) in [6, 6.07) is 7.14. The van der Waals surface area contributed by atoms with Crippen molar-refractivity contribution < 1.29 is 4.39 Å². The average molecular weight is 245 g/mol. The Bertz CT molecular complexity index is 554. The Balaban J connectivity index is 2.16. The Morgan fingerprint density at radius 1 is 1.22 bits per heavy atom. The average Bonchev–Trinajstić information content (AvgIpc) is 2.32. The van der Waals surface area contributed by atoms with Gasteiger partial charge in [-0.05, 0) is 49.6 Å². The molecule has 1 atom stereocenters. The standard InChI is InChI=1S/C14H16FN3/c1-9-6-14(18-16-8-9)17-11(3)12-5-4-10(2)13(15)7-12/h4-8,11H,1-3H3,(H,17,18). The van der Waals surface area contributed by atoms with E-state index in [1.54, 1.807) is 25.3 Å². The van der Waals surface area contributed by atoms with Crippen molar-refractivity contribution >= 4 is 5.82 Å². The highest BCUT2D eigenvalue weighted by molar-refractivity contribution is 5.39. The van der Waals surface area contributed by atoms with Gasteiger partial charge in [0, 0.05) is 0 Å². The highest BCUT2D eigenvalue weighted by Crippen LogP contribution is 2.20. The molecule has 0 saturated heterocycles. The summed E-state index contributed by atoms with van der Waals surface area (Å²) in [7, 11) is 0. The quantitative estimate of drug-likeness (QED) is 0.900. The highest BCUT2D eigenvalue weighted by atomic mass is 19.1. The summed E-state index contributed by atoms with van der Waals surface area (Å²) in [5.41, 5.74) is 2.58. The molecule has 2 rings (SSSR count). The fourth-order valence-electron chi connectivity index (χ4n) is 1.72. The van der Waals surface area contributed by atoms with Crippen LogP contribution in [0.3, 0.4) is 0 Å². The van der Waals surface area contributed by atoms with Crippen molar-refractivity contribution in [3.05, 3.63) is 53.0 Å². The van der Waals surface area contributed by atoms with Crippen molar-refractivity contribution in [1.82, 2.24) is 10.2 Å². The largest absolute Gasteiger partial charge is 0.362 e. The zero-order valence-electron chi connectivity index (χ0n) is 10.7. The second-order valence-electron chi connectivity index (χ2n) is 4.49. The third-order valence-corrected chi connectivity index (χ3v) is 2.85. The molecule has 94 valence electrons. The molecule has 3 nitrogen and oxygen atoms in total. The predicted molar refractivity (Wildman–Crippen MR) is 69.9 cm³/mol. The molecule has 18 heavy (non-hydrogen) atoms. The van der Waals surface area contributed by atoms with E-state index in [2.05, 4.69) is 15.5 Å². The number of benzene rings is 1. The van der Waals surface area contributed by atoms with Crippen LogP contribution in [0.2, 0.25) is 0 Å². The maximum atomic E-state index is 13.5. The van der Waals surface area contributed by atoms with Crippen LogP contribution in [0.1, 0.15) is 29.7 Å². The van der Waals surface area contributed by atoms with Gasteiger partial charge in [-0.2, -0.15) is 5.10 Å². The molecule has 0 aliphatic carbocycles. The van der Waals surface area contributed by atoms with Gasteiger partial charge in [0.25, 0.3) is 0 Å². The lowest BCUT2D eigenvalue weighted by atomic mass is 10.1. The number of hydrogen-bond donors (Lipinski definition) is 1. The van der Waals surface area contributed by atoms with Gasteiger partial charge in [0.2, 0.25) is 0 Å². The van der Waals surface area contributed by atoms with Crippen LogP contribution in [0.5, 0.6) is 0 Å². The van der Waals surface area contributed by atoms with E-state index in [-0.39, 0.29) is 11.9 Å². The summed E-state index contributed by atoms with van der Waals surface area (Å²) >= 11 is 0. The number of hydrogen-bond acceptors (Lipinski definition) is 3. The lowest BCUT2D eigenvalue weighted by molar-refractivity contribution is 0.614. The lowest BCUT2D eigenvalue weighted by Gasteiger charge is -2.15. The first-order chi connectivity index (χ1) is 8.56. The normalized spacial score (nSPS) is 12.2. The van der Waals surface area contributed by atoms with Gasteiger partial charge in [0.1, 0.15) is 11.6 Å². The van der Waals surface area contributed by atoms with Crippen LogP contribution in [-0.4, -0.2) is 10.2 Å². The van der Waals surface area contributed by atoms with Gasteiger partial charge in [-0.15, -0.1) is 5.10 Å². The maximum Gasteiger partial charge on any atom is 0.149 e. The van der Waals surface area contributed by atoms with Crippen LogP contribution in [0.4, 0.5) is 10.2 Å². The molecule has 0 aliphatic heterocycles. The Morgan fingerprint density at radius 2 is 2.00 bits per heavy atom. The molecule has 1 unspecified atom stereocenters. The minimum Gasteiger partial charge on any atom is -0.362 e. The number of aryl methyl sites for hydroxylation is 2. The van der Waals surface area contributed by atoms with E-state index in [0.717, 1.165) is 11.1 Å². The van der Waals surface area contributed by atoms with Crippen LogP contribution in [-0.2, 0) is 0 Å². The minimum absolute atomic E-state index is 0.0174. The van der Waals surface area contributed by atoms with E-state index in [1.807, 2.05) is 26.0 Å². The summed E-state index contributed by atoms with van der Waals surface area (Å²) < 4.78 is 13.5. The van der Waals surface area contributed by atoms with E-state index >= 15 is 0 Å². The van der Waals surface area contributed by atoms with E-state index < -0.39 is 0 Å². The van der Waals surface area contributed by atoms with Gasteiger partial charge in [-0.3, -0.25) is 0 Å². The fourth-order valence-corrected chi connectivity index (χ4v) is 1.72. The summed E-state index contributed by atoms with van der Waals surface area (Å²) in [5.74, 6) is 0.514. The molecule has 4 heteroatoms. The number of halogens is 1. The lowest BCUT2D eigenvalue weighted by Crippen LogP contribution is -2.09. The predicted octanol–water partition coefficient (Wildman–Crippen LogP) is 3.41. The molecule has 1 heterocycles. The Labute approximate surface area is 106 Å². The maximum absolute atomic E-state index is 13.5. The van der Waals surface area contributed by atoms with Crippen molar-refractivity contribution in [3.63, 3.8) is 0 Å². The number of rotatable bonds is 3. The molecule has 0 amide bonds. The zero-order chi connectivity index (χ0) is 13.1. The van der Waals surface area contributed by atoms with Crippen LogP contribution >= 0.6 is 0 Å². The minimum atomic E-state index is -0.184. The molecule has 1 aromatic carbocycles. The van der Waals surface area contributed by atoms with E-state index in [9.17, 15) is 4.39 Å². The molecule has 0 radical (unpaired) electrons. The van der Waals surface area contributed by atoms with Crippen molar-refractivity contribution in [1.29, 1.82) is 0 Å². The molecule has 0 spiro atoms. The number of aromatic nitrogens is 2. The zero-order valence-corrected chi connectivity index (χ0v) is 10.7. The van der Waals surface area contributed by atoms with Gasteiger partial charge in [-0.1, -0.05) is 12.1 Å². The summed E-state index contributed by atoms with van der Waals surface area (Å²) in [6.07, 6.45) is 1.70. The topological polar surface area (TPSA) is 37.8 Å². The molecule has 1 N–H and O–H groups in total. The van der Waals surface area contributed by atoms with Gasteiger partial charge in [0.15, 0.2) is 0 Å². The van der Waals surface area contributed by atoms with E-state index in [1.165, 1.54) is 0 Å². The smallest absolute Gasteiger partial charge is 0.149 e. The first kappa shape index (κ1) is 12.5. The molecule has 1 aromatic heterocycles. The molecule has 2 aromatic rings. The van der Waals surface area contributed by atoms with Crippen molar-refractivity contribution in [2.75, 3.05) is 5.32 Å². The molecule has 0 fully saturated rings. The third kappa shape index (κ3) is 2.83. The monoisotopic (exact) mass is 245 g/mol. The second-order valence-corrected chi connectivity index (χ2v) is 4.49. The van der Waals surface area contributed by atoms with Crippen LogP contribution in [0, 0.1) is 19.7 Å². The van der Waals surface area contributed by atoms with Gasteiger partial charge < -0.3 is 5.32 Å². The molecule has 0 saturated carbocycles. The van der Waals surface area contributed by atoms with Gasteiger partial charge in [-0.25, -0.2) is 4.39 Å². The van der Waals surface area contributed by atoms with Gasteiger partial charge in [0.05, 0.1) is 12.2 Å². The summed E-state index contributed by atoms with van der Waals surface area (Å²) in [4.78, 5) is 0. The number of nitrogens with one attached hydrogen (secondary N) is 1. The Morgan fingerprint density at radius 3 is 2.67 bits per heavy atom. The van der Waals surface area contributed by atoms with Crippen LogP contribution in [0.15, 0.2) is 30.5 Å². The fraction of sp³-hybridized carbons (Fsp3) is 0.286. The van der Waals surface area contributed by atoms with Crippen molar-refractivity contribution in [3.8, 4) is 0 Å². The Hall–Kier alpha value is -1.97. The third-order valence-electron chi connectivity index (χ3n) is 2.85. The molecule has 0 bridgehead atoms. The first-order valence-electron chi connectivity index (χ1n) is 5.88. The number of anilines is 1. The van der Waals surface area contributed by atoms with Crippen molar-refractivity contribution in [2.45, 2.75) is 26.8 Å². The highest BCUT2D eigenvalue weighted by Gasteiger charge is 2.08. The van der Waals surface area contributed by atoms with E-state index in [0.29, 0.717) is 11.4 Å². The molecular weight excluding hydrogens is 229 g/mol. The van der Waals surface area contributed by atoms with Gasteiger partial charge >= 0.3 is 0 Å². The van der Waals surface area contributed by atoms with Crippen LogP contribution in [0.25, 0.3) is 0 Å². The summed E-state index contributed by atoms with van der Waals surface area (Å²) in [6.45, 7) is 5.67. The summed E-state index contributed by atoms with van der Waals surface area (Å²) in [5, 5.41) is 11.1. The Kier molecular flexibility index (Phi) is 3.55. The second kappa shape index (κ2) is 5.12. The SMILES string of the molecule is Cc1cnnc(NC(C)c2ccc(C)c(F)c2)c1.